The minimum atomic E-state index is -0.538. The van der Waals surface area contributed by atoms with Gasteiger partial charge in [-0.2, -0.15) is 4.99 Å². The summed E-state index contributed by atoms with van der Waals surface area (Å²) in [6, 6.07) is 12.7. The summed E-state index contributed by atoms with van der Waals surface area (Å²) in [5, 5.41) is 9.81. The molecule has 0 spiro atoms. The van der Waals surface area contributed by atoms with Crippen LogP contribution in [-0.2, 0) is 9.63 Å². The average Bonchev–Trinajstić information content (AvgIpc) is 3.15. The predicted molar refractivity (Wildman–Crippen MR) is 120 cm³/mol. The maximum absolute atomic E-state index is 12.4. The normalized spacial score (nSPS) is 16.3. The molecule has 1 N–H and O–H groups in total. The van der Waals surface area contributed by atoms with Crippen molar-refractivity contribution < 1.29 is 23.8 Å². The molecule has 2 heterocycles. The zero-order valence-electron chi connectivity index (χ0n) is 17.4. The molecule has 2 aliphatic heterocycles. The van der Waals surface area contributed by atoms with Gasteiger partial charge in [0.05, 0.1) is 17.7 Å². The van der Waals surface area contributed by atoms with Gasteiger partial charge in [-0.1, -0.05) is 29.8 Å². The fraction of sp³-hybridized carbons (Fsp3) is 0.174. The van der Waals surface area contributed by atoms with Gasteiger partial charge in [-0.25, -0.2) is 0 Å². The molecule has 0 saturated heterocycles. The fourth-order valence-electron chi connectivity index (χ4n) is 3.15. The second-order valence-corrected chi connectivity index (χ2v) is 7.27. The first-order valence-corrected chi connectivity index (χ1v) is 10.1. The summed E-state index contributed by atoms with van der Waals surface area (Å²) in [5.74, 6) is 1.68. The van der Waals surface area contributed by atoms with Crippen LogP contribution in [0.1, 0.15) is 12.5 Å². The molecule has 1 amide bonds. The van der Waals surface area contributed by atoms with Gasteiger partial charge in [0.25, 0.3) is 5.91 Å². The van der Waals surface area contributed by atoms with Gasteiger partial charge in [0, 0.05) is 6.08 Å². The molecule has 4 rings (SSSR count). The molecule has 0 unspecified atom stereocenters. The Balaban J connectivity index is 1.49. The Kier molecular flexibility index (Phi) is 6.13. The number of aliphatic imine (C=N–C) groups is 1. The summed E-state index contributed by atoms with van der Waals surface area (Å²) in [5.41, 5.74) is 0.621. The monoisotopic (exact) mass is 453 g/mol. The Hall–Kier alpha value is -3.78. The first-order valence-electron chi connectivity index (χ1n) is 9.74. The second kappa shape index (κ2) is 9.15. The van der Waals surface area contributed by atoms with Crippen molar-refractivity contribution in [2.75, 3.05) is 20.3 Å². The average molecular weight is 454 g/mol. The number of amides is 1. The molecule has 8 nitrogen and oxygen atoms in total. The molecule has 0 aromatic heterocycles. The predicted octanol–water partition coefficient (Wildman–Crippen LogP) is 4.26. The van der Waals surface area contributed by atoms with Crippen molar-refractivity contribution in [1.82, 2.24) is 5.06 Å². The van der Waals surface area contributed by atoms with Gasteiger partial charge in [0.15, 0.2) is 23.2 Å². The highest BCUT2D eigenvalue weighted by atomic mass is 35.5. The Morgan fingerprint density at radius 3 is 2.69 bits per heavy atom. The quantitative estimate of drug-likeness (QED) is 0.497. The molecule has 0 atom stereocenters. The largest absolute Gasteiger partial charge is 0.493 e. The second-order valence-electron chi connectivity index (χ2n) is 6.87. The van der Waals surface area contributed by atoms with Gasteiger partial charge in [0.2, 0.25) is 0 Å². The maximum atomic E-state index is 12.4. The number of nitrogens with one attached hydrogen (secondary N) is 1. The molecule has 0 aliphatic carbocycles. The molecule has 32 heavy (non-hydrogen) atoms. The highest BCUT2D eigenvalue weighted by Gasteiger charge is 2.34. The minimum absolute atomic E-state index is 0.0694. The van der Waals surface area contributed by atoms with E-state index in [1.807, 2.05) is 30.3 Å². The number of hydrogen-bond donors (Lipinski definition) is 1. The first kappa shape index (κ1) is 21.5. The Morgan fingerprint density at radius 2 is 1.94 bits per heavy atom. The lowest BCUT2D eigenvalue weighted by atomic mass is 10.1. The highest BCUT2D eigenvalue weighted by molar-refractivity contribution is 6.33. The molecule has 0 bridgehead atoms. The van der Waals surface area contributed by atoms with Crippen LogP contribution < -0.4 is 14.2 Å². The summed E-state index contributed by atoms with van der Waals surface area (Å²) in [6.45, 7) is 2.30. The number of ether oxygens (including phenoxy) is 3. The van der Waals surface area contributed by atoms with Crippen molar-refractivity contribution in [1.29, 1.82) is 5.41 Å². The van der Waals surface area contributed by atoms with Gasteiger partial charge < -0.3 is 19.0 Å². The topological polar surface area (TPSA) is 93.4 Å². The summed E-state index contributed by atoms with van der Waals surface area (Å²) in [7, 11) is 1.49. The van der Waals surface area contributed by atoms with E-state index in [9.17, 15) is 4.79 Å². The molecule has 2 aromatic carbocycles. The summed E-state index contributed by atoms with van der Waals surface area (Å²) in [4.78, 5) is 21.8. The molecule has 0 fully saturated rings. The number of allylic oxidation sites excluding steroid dienone is 1. The zero-order chi connectivity index (χ0) is 22.7. The summed E-state index contributed by atoms with van der Waals surface area (Å²) >= 11 is 6.42. The summed E-state index contributed by atoms with van der Waals surface area (Å²) < 4.78 is 16.8. The van der Waals surface area contributed by atoms with E-state index < -0.39 is 5.91 Å². The van der Waals surface area contributed by atoms with Crippen molar-refractivity contribution in [2.45, 2.75) is 6.92 Å². The van der Waals surface area contributed by atoms with Crippen LogP contribution in [0.3, 0.4) is 0 Å². The van der Waals surface area contributed by atoms with Gasteiger partial charge in [0.1, 0.15) is 24.7 Å². The van der Waals surface area contributed by atoms with E-state index in [1.54, 1.807) is 25.1 Å². The number of fused-ring (bicyclic) bond motifs is 1. The number of halogens is 1. The van der Waals surface area contributed by atoms with Crippen molar-refractivity contribution in [2.24, 2.45) is 4.99 Å². The number of nitrogens with zero attached hydrogens (tertiary/aromatic N) is 2. The summed E-state index contributed by atoms with van der Waals surface area (Å²) in [6.07, 6.45) is 3.11. The van der Waals surface area contributed by atoms with E-state index in [0.29, 0.717) is 34.5 Å². The van der Waals surface area contributed by atoms with E-state index in [1.165, 1.54) is 18.2 Å². The molecule has 2 aliphatic rings. The number of hydrogen-bond acceptors (Lipinski definition) is 6. The van der Waals surface area contributed by atoms with E-state index >= 15 is 0 Å². The van der Waals surface area contributed by atoms with Crippen LogP contribution in [0.4, 0.5) is 0 Å². The van der Waals surface area contributed by atoms with E-state index in [-0.39, 0.29) is 23.9 Å². The van der Waals surface area contributed by atoms with E-state index in [2.05, 4.69) is 4.99 Å². The van der Waals surface area contributed by atoms with Gasteiger partial charge in [-0.15, -0.1) is 5.06 Å². The third kappa shape index (κ3) is 4.45. The van der Waals surface area contributed by atoms with Crippen molar-refractivity contribution in [3.05, 3.63) is 70.5 Å². The van der Waals surface area contributed by atoms with E-state index in [0.717, 1.165) is 5.75 Å². The zero-order valence-corrected chi connectivity index (χ0v) is 18.2. The number of carbonyl (C=O) groups excluding carboxylic acids is 1. The third-order valence-electron chi connectivity index (χ3n) is 4.58. The van der Waals surface area contributed by atoms with Crippen molar-refractivity contribution in [3.63, 3.8) is 0 Å². The number of amidine groups is 2. The Labute approximate surface area is 189 Å². The van der Waals surface area contributed by atoms with Crippen molar-refractivity contribution in [3.8, 4) is 17.2 Å². The van der Waals surface area contributed by atoms with Crippen molar-refractivity contribution >= 4 is 35.3 Å². The van der Waals surface area contributed by atoms with Crippen LogP contribution in [0.5, 0.6) is 17.2 Å². The SMILES string of the molecule is COc1cc(/C=C2\C(=N)N3OC(C)=CC3=NC2=O)cc(Cl)c1OCCOc1ccccc1. The molecule has 164 valence electrons. The lowest BCUT2D eigenvalue weighted by Crippen LogP contribution is -2.38. The molecule has 9 heteroatoms. The highest BCUT2D eigenvalue weighted by Crippen LogP contribution is 2.37. The van der Waals surface area contributed by atoms with Crippen LogP contribution in [0.15, 0.2) is 64.9 Å². The van der Waals surface area contributed by atoms with Crippen LogP contribution in [0, 0.1) is 5.41 Å². The lowest BCUT2D eigenvalue weighted by molar-refractivity contribution is -0.114. The molecule has 0 saturated carbocycles. The number of carbonyl (C=O) groups is 1. The van der Waals surface area contributed by atoms with Crippen LogP contribution >= 0.6 is 11.6 Å². The number of hydroxylamine groups is 2. The lowest BCUT2D eigenvalue weighted by Gasteiger charge is -2.23. The molecular weight excluding hydrogens is 434 g/mol. The number of para-hydroxylation sites is 1. The molecule has 2 aromatic rings. The Morgan fingerprint density at radius 1 is 1.19 bits per heavy atom. The minimum Gasteiger partial charge on any atom is -0.493 e. The number of rotatable bonds is 7. The first-order chi connectivity index (χ1) is 15.5. The van der Waals surface area contributed by atoms with Gasteiger partial charge in [-0.05, 0) is 42.8 Å². The standard InChI is InChI=1S/C23H20ClN3O5/c1-14-10-20-26-23(28)17(22(25)27(20)32-14)11-15-12-18(24)21(19(13-15)29-2)31-9-8-30-16-6-4-3-5-7-16/h3-7,10-13,25H,8-9H2,1-2H3/b17-11+,25-22?. The number of benzene rings is 2. The Bertz CT molecular complexity index is 1160. The van der Waals surface area contributed by atoms with Gasteiger partial charge >= 0.3 is 0 Å². The van der Waals surface area contributed by atoms with Crippen LogP contribution in [0.2, 0.25) is 5.02 Å². The van der Waals surface area contributed by atoms with Crippen LogP contribution in [-0.4, -0.2) is 43.0 Å². The third-order valence-corrected chi connectivity index (χ3v) is 4.87. The smallest absolute Gasteiger partial charge is 0.282 e. The van der Waals surface area contributed by atoms with Gasteiger partial charge in [-0.3, -0.25) is 10.2 Å². The molecular formula is C23H20ClN3O5. The maximum Gasteiger partial charge on any atom is 0.282 e. The molecule has 0 radical (unpaired) electrons. The fourth-order valence-corrected chi connectivity index (χ4v) is 3.42. The number of methoxy groups -OCH3 is 1. The van der Waals surface area contributed by atoms with Crippen LogP contribution in [0.25, 0.3) is 6.08 Å². The van der Waals surface area contributed by atoms with E-state index in [4.69, 9.17) is 36.1 Å².